The number of hydrogen-bond acceptors (Lipinski definition) is 4. The lowest BCUT2D eigenvalue weighted by Gasteiger charge is -2.04. The number of nitrogens with zero attached hydrogens (tertiary/aromatic N) is 2. The lowest BCUT2D eigenvalue weighted by molar-refractivity contribution is 0.0950. The average molecular weight is 280 g/mol. The molecule has 0 spiro atoms. The number of hydrazone groups is 1. The molecule has 21 heavy (non-hydrogen) atoms. The van der Waals surface area contributed by atoms with Gasteiger partial charge in [0.1, 0.15) is 11.4 Å². The molecule has 0 bridgehead atoms. The summed E-state index contributed by atoms with van der Waals surface area (Å²) in [6.07, 6.45) is 4.24. The maximum Gasteiger partial charge on any atom is 0.289 e. The van der Waals surface area contributed by atoms with Gasteiger partial charge >= 0.3 is 0 Å². The number of carbonyl (C=O) groups is 1. The van der Waals surface area contributed by atoms with Gasteiger partial charge in [-0.25, -0.2) is 10.4 Å². The van der Waals surface area contributed by atoms with E-state index in [0.717, 1.165) is 10.8 Å². The Bertz CT molecular complexity index is 810. The number of nitrogens with one attached hydrogen (secondary N) is 2. The molecule has 104 valence electrons. The summed E-state index contributed by atoms with van der Waals surface area (Å²) in [6, 6.07) is 11.0. The van der Waals surface area contributed by atoms with Crippen LogP contribution in [0.5, 0.6) is 5.75 Å². The summed E-state index contributed by atoms with van der Waals surface area (Å²) in [7, 11) is 0. The summed E-state index contributed by atoms with van der Waals surface area (Å²) >= 11 is 0. The fourth-order valence-electron chi connectivity index (χ4n) is 2.02. The van der Waals surface area contributed by atoms with Crippen molar-refractivity contribution in [2.24, 2.45) is 5.10 Å². The fraction of sp³-hybridized carbons (Fsp3) is 0. The number of phenolic OH excluding ortho intramolecular Hbond substituents is 1. The quantitative estimate of drug-likeness (QED) is 0.506. The minimum atomic E-state index is -0.400. The molecule has 0 fully saturated rings. The summed E-state index contributed by atoms with van der Waals surface area (Å²) in [5, 5.41) is 15.7. The molecule has 0 aliphatic heterocycles. The molecule has 6 heteroatoms. The third-order valence-electron chi connectivity index (χ3n) is 3.05. The van der Waals surface area contributed by atoms with Crippen LogP contribution < -0.4 is 5.43 Å². The smallest absolute Gasteiger partial charge is 0.289 e. The van der Waals surface area contributed by atoms with Gasteiger partial charge in [0.05, 0.1) is 18.7 Å². The van der Waals surface area contributed by atoms with Crippen molar-refractivity contribution in [3.05, 3.63) is 60.2 Å². The Morgan fingerprint density at radius 1 is 1.29 bits per heavy atom. The first kappa shape index (κ1) is 12.9. The van der Waals surface area contributed by atoms with Crippen molar-refractivity contribution in [2.45, 2.75) is 0 Å². The Hall–Kier alpha value is -3.15. The third kappa shape index (κ3) is 2.59. The zero-order chi connectivity index (χ0) is 14.7. The minimum Gasteiger partial charge on any atom is -0.507 e. The lowest BCUT2D eigenvalue weighted by atomic mass is 10.0. The van der Waals surface area contributed by atoms with Gasteiger partial charge in [0.2, 0.25) is 0 Å². The summed E-state index contributed by atoms with van der Waals surface area (Å²) in [6.45, 7) is 0. The molecule has 0 saturated carbocycles. The molecule has 1 heterocycles. The number of aromatic nitrogens is 2. The molecule has 3 rings (SSSR count). The predicted molar refractivity (Wildman–Crippen MR) is 79.3 cm³/mol. The van der Waals surface area contributed by atoms with Crippen LogP contribution >= 0.6 is 0 Å². The second-order valence-electron chi connectivity index (χ2n) is 4.38. The van der Waals surface area contributed by atoms with Gasteiger partial charge in [0.15, 0.2) is 0 Å². The lowest BCUT2D eigenvalue weighted by Crippen LogP contribution is -2.17. The second kappa shape index (κ2) is 5.46. The number of carbonyl (C=O) groups excluding carboxylic acids is 1. The summed E-state index contributed by atoms with van der Waals surface area (Å²) in [5.41, 5.74) is 3.24. The highest BCUT2D eigenvalue weighted by Gasteiger charge is 2.06. The normalized spacial score (nSPS) is 11.0. The van der Waals surface area contributed by atoms with Crippen molar-refractivity contribution in [3.63, 3.8) is 0 Å². The second-order valence-corrected chi connectivity index (χ2v) is 4.38. The van der Waals surface area contributed by atoms with Crippen LogP contribution in [0.1, 0.15) is 16.1 Å². The largest absolute Gasteiger partial charge is 0.507 e. The van der Waals surface area contributed by atoms with Gasteiger partial charge in [-0.2, -0.15) is 5.10 Å². The molecule has 1 amide bonds. The molecule has 0 atom stereocenters. The summed E-state index contributed by atoms with van der Waals surface area (Å²) < 4.78 is 0. The van der Waals surface area contributed by atoms with E-state index in [1.165, 1.54) is 18.7 Å². The van der Waals surface area contributed by atoms with Crippen LogP contribution in [0.4, 0.5) is 0 Å². The summed E-state index contributed by atoms with van der Waals surface area (Å²) in [4.78, 5) is 18.1. The Balaban J connectivity index is 1.86. The Kier molecular flexibility index (Phi) is 3.34. The van der Waals surface area contributed by atoms with E-state index >= 15 is 0 Å². The van der Waals surface area contributed by atoms with Gasteiger partial charge in [-0.3, -0.25) is 4.79 Å². The standard InChI is InChI=1S/C15H12N4O2/c20-14-6-5-10-3-1-2-4-11(10)12(14)7-18-19-15(21)13-8-16-9-17-13/h1-9,20H,(H,16,17)(H,19,21)/b18-7+. The maximum absolute atomic E-state index is 11.7. The van der Waals surface area contributed by atoms with E-state index < -0.39 is 5.91 Å². The molecule has 0 radical (unpaired) electrons. The first-order chi connectivity index (χ1) is 10.3. The SMILES string of the molecule is O=C(N/N=C/c1c(O)ccc2ccccc12)c1cnc[nH]1. The highest BCUT2D eigenvalue weighted by atomic mass is 16.3. The van der Waals surface area contributed by atoms with Crippen molar-refractivity contribution in [1.29, 1.82) is 0 Å². The zero-order valence-corrected chi connectivity index (χ0v) is 10.9. The average Bonchev–Trinajstić information content (AvgIpc) is 3.04. The topological polar surface area (TPSA) is 90.4 Å². The van der Waals surface area contributed by atoms with E-state index in [9.17, 15) is 9.90 Å². The molecule has 3 aromatic rings. The number of fused-ring (bicyclic) bond motifs is 1. The molecule has 0 aliphatic rings. The van der Waals surface area contributed by atoms with Gasteiger partial charge < -0.3 is 10.1 Å². The number of hydrogen-bond donors (Lipinski definition) is 3. The Morgan fingerprint density at radius 3 is 2.95 bits per heavy atom. The predicted octanol–water partition coefficient (Wildman–Crippen LogP) is 2.03. The number of phenols is 1. The van der Waals surface area contributed by atoms with E-state index in [2.05, 4.69) is 20.5 Å². The van der Waals surface area contributed by atoms with Crippen molar-refractivity contribution in [1.82, 2.24) is 15.4 Å². The van der Waals surface area contributed by atoms with Crippen LogP contribution in [0.3, 0.4) is 0 Å². The molecular weight excluding hydrogens is 268 g/mol. The van der Waals surface area contributed by atoms with Gasteiger partial charge in [-0.1, -0.05) is 30.3 Å². The zero-order valence-electron chi connectivity index (χ0n) is 10.9. The van der Waals surface area contributed by atoms with Gasteiger partial charge in [-0.15, -0.1) is 0 Å². The molecule has 0 aliphatic carbocycles. The molecule has 0 saturated heterocycles. The number of aromatic amines is 1. The van der Waals surface area contributed by atoms with Crippen molar-refractivity contribution in [2.75, 3.05) is 0 Å². The highest BCUT2D eigenvalue weighted by molar-refractivity contribution is 6.02. The number of imidazole rings is 1. The van der Waals surface area contributed by atoms with Crippen molar-refractivity contribution in [3.8, 4) is 5.75 Å². The highest BCUT2D eigenvalue weighted by Crippen LogP contribution is 2.25. The number of aromatic hydroxyl groups is 1. The molecule has 2 aromatic carbocycles. The van der Waals surface area contributed by atoms with Crippen molar-refractivity contribution < 1.29 is 9.90 Å². The summed E-state index contributed by atoms with van der Waals surface area (Å²) in [5.74, 6) is -0.295. The monoisotopic (exact) mass is 280 g/mol. The molecule has 6 nitrogen and oxygen atoms in total. The van der Waals surface area contributed by atoms with Crippen LogP contribution in [0, 0.1) is 0 Å². The Morgan fingerprint density at radius 2 is 2.14 bits per heavy atom. The molecule has 0 unspecified atom stereocenters. The molecule has 1 aromatic heterocycles. The third-order valence-corrected chi connectivity index (χ3v) is 3.05. The van der Waals surface area contributed by atoms with Crippen LogP contribution in [-0.2, 0) is 0 Å². The van der Waals surface area contributed by atoms with E-state index in [1.807, 2.05) is 30.3 Å². The van der Waals surface area contributed by atoms with Crippen LogP contribution in [0.2, 0.25) is 0 Å². The van der Waals surface area contributed by atoms with Crippen LogP contribution in [0.15, 0.2) is 54.0 Å². The minimum absolute atomic E-state index is 0.105. The fourth-order valence-corrected chi connectivity index (χ4v) is 2.02. The maximum atomic E-state index is 11.7. The van der Waals surface area contributed by atoms with Crippen LogP contribution in [-0.4, -0.2) is 27.2 Å². The van der Waals surface area contributed by atoms with E-state index in [0.29, 0.717) is 11.3 Å². The molecule has 3 N–H and O–H groups in total. The molecular formula is C15H12N4O2. The number of H-pyrrole nitrogens is 1. The van der Waals surface area contributed by atoms with Gasteiger partial charge in [0, 0.05) is 5.56 Å². The van der Waals surface area contributed by atoms with E-state index in [-0.39, 0.29) is 5.75 Å². The first-order valence-corrected chi connectivity index (χ1v) is 6.28. The van der Waals surface area contributed by atoms with Crippen molar-refractivity contribution >= 4 is 22.9 Å². The van der Waals surface area contributed by atoms with E-state index in [4.69, 9.17) is 0 Å². The van der Waals surface area contributed by atoms with Gasteiger partial charge in [-0.05, 0) is 16.8 Å². The number of benzene rings is 2. The Labute approximate surface area is 120 Å². The number of rotatable bonds is 3. The van der Waals surface area contributed by atoms with Crippen LogP contribution in [0.25, 0.3) is 10.8 Å². The first-order valence-electron chi connectivity index (χ1n) is 6.28. The number of amides is 1. The van der Waals surface area contributed by atoms with Gasteiger partial charge in [0.25, 0.3) is 5.91 Å². The van der Waals surface area contributed by atoms with E-state index in [1.54, 1.807) is 6.07 Å².